The van der Waals surface area contributed by atoms with Crippen LogP contribution in [0.15, 0.2) is 0 Å². The van der Waals surface area contributed by atoms with Crippen molar-refractivity contribution in [2.24, 2.45) is 0 Å². The fraction of sp³-hybridized carbons (Fsp3) is 0. The second-order valence-electron chi connectivity index (χ2n) is 0.767. The zero-order valence-corrected chi connectivity index (χ0v) is 13.2. The van der Waals surface area contributed by atoms with Crippen molar-refractivity contribution in [3.8, 4) is 0 Å². The molecule has 0 N–H and O–H groups in total. The fourth-order valence-corrected chi connectivity index (χ4v) is 0. The molecule has 0 amide bonds. The molecule has 0 aliphatic heterocycles. The van der Waals surface area contributed by atoms with E-state index in [1.165, 1.54) is 0 Å². The van der Waals surface area contributed by atoms with Crippen molar-refractivity contribution >= 4 is 35.4 Å². The van der Waals surface area contributed by atoms with Gasteiger partial charge < -0.3 is 0 Å². The average Bonchev–Trinajstić information content (AvgIpc) is 1.76. The van der Waals surface area contributed by atoms with E-state index in [1.54, 1.807) is 0 Å². The Hall–Kier alpha value is 1.53. The summed E-state index contributed by atoms with van der Waals surface area (Å²) in [6, 6.07) is 0. The molecule has 0 nitrogen and oxygen atoms in total. The van der Waals surface area contributed by atoms with Gasteiger partial charge in [-0.3, -0.25) is 0 Å². The third kappa shape index (κ3) is 1810. The van der Waals surface area contributed by atoms with Crippen LogP contribution in [0.5, 0.6) is 0 Å². The van der Waals surface area contributed by atoms with Gasteiger partial charge in [-0.15, -0.1) is 0 Å². The standard InChI is InChI=1S/4F3P.Ir.3H/c4*1-4(2)3;;;;. The van der Waals surface area contributed by atoms with E-state index in [0.717, 1.165) is 0 Å². The van der Waals surface area contributed by atoms with Gasteiger partial charge >= 0.3 is 55.5 Å². The third-order valence-electron chi connectivity index (χ3n) is 0. The van der Waals surface area contributed by atoms with Crippen LogP contribution < -0.4 is 0 Å². The summed E-state index contributed by atoms with van der Waals surface area (Å²) in [7, 11) is -16.5. The molecule has 0 unspecified atom stereocenters. The average molecular weight is 547 g/mol. The van der Waals surface area contributed by atoms with E-state index in [9.17, 15) is 50.4 Å². The summed E-state index contributed by atoms with van der Waals surface area (Å²) >= 11 is 0. The van der Waals surface area contributed by atoms with Crippen molar-refractivity contribution in [3.63, 3.8) is 0 Å². The molecule has 0 aromatic heterocycles. The quantitative estimate of drug-likeness (QED) is 0.216. The van der Waals surface area contributed by atoms with Crippen LogP contribution in [0.2, 0.25) is 0 Å². The fourth-order valence-electron chi connectivity index (χ4n) is 0. The maximum atomic E-state index is 9.73. The summed E-state index contributed by atoms with van der Waals surface area (Å²) in [5.74, 6) is 0. The van der Waals surface area contributed by atoms with Gasteiger partial charge in [-0.1, -0.05) is 0 Å². The van der Waals surface area contributed by atoms with Crippen molar-refractivity contribution < 1.29 is 70.5 Å². The van der Waals surface area contributed by atoms with Gasteiger partial charge in [-0.25, -0.2) is 0 Å². The van der Waals surface area contributed by atoms with Crippen LogP contribution in [0.3, 0.4) is 0 Å². The van der Waals surface area contributed by atoms with Gasteiger partial charge in [0.2, 0.25) is 0 Å². The zero-order valence-electron chi connectivity index (χ0n) is 6.73. The van der Waals surface area contributed by atoms with Crippen LogP contribution in [0.4, 0.5) is 50.4 Å². The SMILES string of the molecule is FP(F)F.FP(F)F.FP(F)F.FP(F)F.[IrH3]. The van der Waals surface area contributed by atoms with E-state index in [2.05, 4.69) is 0 Å². The Morgan fingerprint density at radius 1 is 0.294 bits per heavy atom. The van der Waals surface area contributed by atoms with E-state index in [4.69, 9.17) is 0 Å². The Morgan fingerprint density at radius 2 is 0.294 bits per heavy atom. The summed E-state index contributed by atoms with van der Waals surface area (Å²) < 4.78 is 117. The Balaban J connectivity index is -0.0000000369. The predicted molar refractivity (Wildman–Crippen MR) is 45.2 cm³/mol. The van der Waals surface area contributed by atoms with E-state index in [1.807, 2.05) is 0 Å². The summed E-state index contributed by atoms with van der Waals surface area (Å²) in [6.45, 7) is 0. The molecule has 0 fully saturated rings. The molecule has 0 aromatic rings. The van der Waals surface area contributed by atoms with Crippen molar-refractivity contribution in [3.05, 3.63) is 0 Å². The first-order valence-corrected chi connectivity index (χ1v) is 6.09. The van der Waals surface area contributed by atoms with Crippen molar-refractivity contribution in [2.45, 2.75) is 0 Å². The maximum absolute atomic E-state index is 9.73. The molecular formula is H3F12IrP4. The molecule has 116 valence electrons. The minimum absolute atomic E-state index is 0. The minimum atomic E-state index is -4.12. The summed E-state index contributed by atoms with van der Waals surface area (Å²) in [4.78, 5) is 0. The molecule has 0 heterocycles. The Kier molecular flexibility index (Phi) is 47.9. The molecule has 1 radical (unpaired) electrons. The first-order valence-electron chi connectivity index (χ1n) is 2.03. The zero-order chi connectivity index (χ0) is 14.3. The van der Waals surface area contributed by atoms with Crippen LogP contribution in [-0.4, -0.2) is 0 Å². The predicted octanol–water partition coefficient (Wildman–Crippen LogP) is 7.68. The Morgan fingerprint density at radius 3 is 0.294 bits per heavy atom. The van der Waals surface area contributed by atoms with E-state index in [-0.39, 0.29) is 20.1 Å². The van der Waals surface area contributed by atoms with Gasteiger partial charge in [0.25, 0.3) is 0 Å². The summed E-state index contributed by atoms with van der Waals surface area (Å²) in [5.41, 5.74) is 0. The normalized spacial score (nSPS) is 8.47. The van der Waals surface area contributed by atoms with Crippen molar-refractivity contribution in [2.75, 3.05) is 0 Å². The first kappa shape index (κ1) is 31.1. The first-order chi connectivity index (χ1) is 6.93. The van der Waals surface area contributed by atoms with Gasteiger partial charge in [0, 0.05) is 0 Å². The molecule has 0 spiro atoms. The molecule has 17 heavy (non-hydrogen) atoms. The molecule has 0 aliphatic rings. The molecular weight excluding hydrogens is 544 g/mol. The number of hydrogen-bond donors (Lipinski definition) is 0. The van der Waals surface area contributed by atoms with Crippen LogP contribution in [-0.2, 0) is 20.1 Å². The number of hydrogen-bond acceptors (Lipinski definition) is 0. The molecule has 0 bridgehead atoms. The van der Waals surface area contributed by atoms with Gasteiger partial charge in [0.05, 0.1) is 0 Å². The summed E-state index contributed by atoms with van der Waals surface area (Å²) in [6.07, 6.45) is 0. The Bertz CT molecular complexity index is 61.5. The molecule has 0 saturated carbocycles. The molecule has 0 aromatic carbocycles. The molecule has 0 aliphatic carbocycles. The van der Waals surface area contributed by atoms with Gasteiger partial charge in [-0.05, 0) is 0 Å². The Labute approximate surface area is 106 Å². The number of rotatable bonds is 0. The number of halogens is 12. The van der Waals surface area contributed by atoms with Crippen molar-refractivity contribution in [1.82, 2.24) is 0 Å². The molecule has 0 atom stereocenters. The van der Waals surface area contributed by atoms with Gasteiger partial charge in [-0.2, -0.15) is 50.4 Å². The second kappa shape index (κ2) is 26.2. The van der Waals surface area contributed by atoms with E-state index in [0.29, 0.717) is 0 Å². The van der Waals surface area contributed by atoms with Crippen LogP contribution in [0.1, 0.15) is 0 Å². The molecule has 0 saturated heterocycles. The van der Waals surface area contributed by atoms with E-state index < -0.39 is 35.4 Å². The third-order valence-corrected chi connectivity index (χ3v) is 0. The van der Waals surface area contributed by atoms with Crippen LogP contribution >= 0.6 is 35.4 Å². The molecule has 0 rings (SSSR count). The van der Waals surface area contributed by atoms with Crippen molar-refractivity contribution in [1.29, 1.82) is 0 Å². The molecule has 17 heteroatoms. The second-order valence-corrected chi connectivity index (χ2v) is 2.30. The topological polar surface area (TPSA) is 0 Å². The van der Waals surface area contributed by atoms with Gasteiger partial charge in [0.15, 0.2) is 0 Å². The summed E-state index contributed by atoms with van der Waals surface area (Å²) in [5, 5.41) is 0. The van der Waals surface area contributed by atoms with E-state index >= 15 is 0 Å². The van der Waals surface area contributed by atoms with Crippen LogP contribution in [0.25, 0.3) is 0 Å². The monoisotopic (exact) mass is 548 g/mol. The van der Waals surface area contributed by atoms with Gasteiger partial charge in [0.1, 0.15) is 0 Å². The van der Waals surface area contributed by atoms with Crippen LogP contribution in [0, 0.1) is 0 Å².